The molecular weight excluding hydrogens is 250 g/mol. The summed E-state index contributed by atoms with van der Waals surface area (Å²) < 4.78 is 0. The van der Waals surface area contributed by atoms with Crippen LogP contribution < -0.4 is 4.90 Å². The topological polar surface area (TPSA) is 49.2 Å². The van der Waals surface area contributed by atoms with Gasteiger partial charge in [0.15, 0.2) is 0 Å². The van der Waals surface area contributed by atoms with Gasteiger partial charge in [-0.25, -0.2) is 9.97 Å². The molecule has 20 heavy (non-hydrogen) atoms. The molecule has 1 unspecified atom stereocenters. The van der Waals surface area contributed by atoms with Crippen LogP contribution in [0.15, 0.2) is 42.7 Å². The Balaban J connectivity index is 2.25. The monoisotopic (exact) mass is 271 g/mol. The zero-order valence-corrected chi connectivity index (χ0v) is 12.0. The maximum absolute atomic E-state index is 9.19. The summed E-state index contributed by atoms with van der Waals surface area (Å²) in [6, 6.07) is 12.5. The average Bonchev–Trinajstić information content (AvgIpc) is 2.46. The van der Waals surface area contributed by atoms with Gasteiger partial charge >= 0.3 is 0 Å². The van der Waals surface area contributed by atoms with E-state index >= 15 is 0 Å². The second-order valence-electron chi connectivity index (χ2n) is 4.99. The van der Waals surface area contributed by atoms with Gasteiger partial charge in [0.2, 0.25) is 0 Å². The molecule has 0 fully saturated rings. The maximum atomic E-state index is 9.19. The van der Waals surface area contributed by atoms with E-state index in [1.165, 1.54) is 5.56 Å². The number of aryl methyl sites for hydroxylation is 1. The molecule has 0 saturated carbocycles. The smallest absolute Gasteiger partial charge is 0.132 e. The molecule has 0 radical (unpaired) electrons. The van der Waals surface area contributed by atoms with Gasteiger partial charge < -0.3 is 10.0 Å². The largest absolute Gasteiger partial charge is 0.396 e. The summed E-state index contributed by atoms with van der Waals surface area (Å²) in [5, 5.41) is 9.19. The molecule has 2 rings (SSSR count). The van der Waals surface area contributed by atoms with Gasteiger partial charge in [-0.1, -0.05) is 30.3 Å². The van der Waals surface area contributed by atoms with Gasteiger partial charge in [0.25, 0.3) is 0 Å². The zero-order chi connectivity index (χ0) is 14.4. The number of benzene rings is 1. The predicted molar refractivity (Wildman–Crippen MR) is 80.6 cm³/mol. The Hall–Kier alpha value is -1.94. The van der Waals surface area contributed by atoms with Crippen molar-refractivity contribution in [1.29, 1.82) is 0 Å². The molecule has 0 aliphatic carbocycles. The first-order chi connectivity index (χ1) is 9.70. The van der Waals surface area contributed by atoms with Crippen LogP contribution in [0, 0.1) is 6.92 Å². The fourth-order valence-corrected chi connectivity index (χ4v) is 2.18. The highest BCUT2D eigenvalue weighted by Gasteiger charge is 2.16. The maximum Gasteiger partial charge on any atom is 0.132 e. The van der Waals surface area contributed by atoms with Crippen LogP contribution in [0.5, 0.6) is 0 Å². The standard InChI is InChI=1S/C16H21N3O/c1-13-10-16(18-12-17-13)19(14(2)8-9-20)11-15-6-4-3-5-7-15/h3-7,10,12,14,20H,8-9,11H2,1-2H3. The summed E-state index contributed by atoms with van der Waals surface area (Å²) in [6.45, 7) is 5.02. The number of aliphatic hydroxyl groups is 1. The van der Waals surface area contributed by atoms with Crippen LogP contribution in [0.4, 0.5) is 5.82 Å². The number of aliphatic hydroxyl groups excluding tert-OH is 1. The van der Waals surface area contributed by atoms with Crippen molar-refractivity contribution in [3.05, 3.63) is 54.0 Å². The Labute approximate surface area is 120 Å². The SMILES string of the molecule is Cc1cc(N(Cc2ccccc2)C(C)CCO)ncn1. The molecule has 1 aromatic heterocycles. The highest BCUT2D eigenvalue weighted by molar-refractivity contribution is 5.41. The third-order valence-electron chi connectivity index (χ3n) is 3.36. The van der Waals surface area contributed by atoms with Crippen molar-refractivity contribution >= 4 is 5.82 Å². The highest BCUT2D eigenvalue weighted by atomic mass is 16.3. The molecule has 106 valence electrons. The minimum absolute atomic E-state index is 0.177. The minimum Gasteiger partial charge on any atom is -0.396 e. The fraction of sp³-hybridized carbons (Fsp3) is 0.375. The highest BCUT2D eigenvalue weighted by Crippen LogP contribution is 2.19. The molecule has 0 amide bonds. The summed E-state index contributed by atoms with van der Waals surface area (Å²) in [5.41, 5.74) is 2.18. The van der Waals surface area contributed by atoms with Crippen LogP contribution in [0.2, 0.25) is 0 Å². The van der Waals surface area contributed by atoms with Crippen LogP contribution in [-0.4, -0.2) is 27.7 Å². The van der Waals surface area contributed by atoms with Gasteiger partial charge in [0.05, 0.1) is 0 Å². The van der Waals surface area contributed by atoms with Gasteiger partial charge in [-0.05, 0) is 25.8 Å². The van der Waals surface area contributed by atoms with Gasteiger partial charge in [0, 0.05) is 31.0 Å². The van der Waals surface area contributed by atoms with Crippen molar-refractivity contribution in [1.82, 2.24) is 9.97 Å². The Morgan fingerprint density at radius 2 is 1.95 bits per heavy atom. The van der Waals surface area contributed by atoms with E-state index in [0.717, 1.165) is 24.5 Å². The van der Waals surface area contributed by atoms with Crippen molar-refractivity contribution < 1.29 is 5.11 Å². The summed E-state index contributed by atoms with van der Waals surface area (Å²) in [5.74, 6) is 0.905. The molecule has 4 heteroatoms. The van der Waals surface area contributed by atoms with Crippen LogP contribution >= 0.6 is 0 Å². The number of hydrogen-bond donors (Lipinski definition) is 1. The van der Waals surface area contributed by atoms with Crippen molar-refractivity contribution in [2.75, 3.05) is 11.5 Å². The molecule has 0 spiro atoms. The molecule has 1 N–H and O–H groups in total. The van der Waals surface area contributed by atoms with Crippen molar-refractivity contribution in [3.8, 4) is 0 Å². The summed E-state index contributed by atoms with van der Waals surface area (Å²) in [4.78, 5) is 10.7. The van der Waals surface area contributed by atoms with Crippen molar-refractivity contribution in [2.24, 2.45) is 0 Å². The number of anilines is 1. The lowest BCUT2D eigenvalue weighted by Crippen LogP contribution is -2.34. The molecule has 0 aliphatic heterocycles. The molecule has 1 aromatic carbocycles. The second kappa shape index (κ2) is 7.01. The van der Waals surface area contributed by atoms with E-state index < -0.39 is 0 Å². The molecule has 0 saturated heterocycles. The Morgan fingerprint density at radius 1 is 1.20 bits per heavy atom. The first-order valence-corrected chi connectivity index (χ1v) is 6.91. The van der Waals surface area contributed by atoms with E-state index in [0.29, 0.717) is 0 Å². The van der Waals surface area contributed by atoms with Crippen LogP contribution in [0.1, 0.15) is 24.6 Å². The third-order valence-corrected chi connectivity index (χ3v) is 3.36. The van der Waals surface area contributed by atoms with Crippen molar-refractivity contribution in [3.63, 3.8) is 0 Å². The van der Waals surface area contributed by atoms with E-state index in [2.05, 4.69) is 33.9 Å². The first kappa shape index (κ1) is 14.5. The van der Waals surface area contributed by atoms with E-state index in [1.807, 2.05) is 31.2 Å². The Bertz CT molecular complexity index is 530. The first-order valence-electron chi connectivity index (χ1n) is 6.91. The Kier molecular flexibility index (Phi) is 5.07. The Morgan fingerprint density at radius 3 is 2.60 bits per heavy atom. The van der Waals surface area contributed by atoms with E-state index in [4.69, 9.17) is 0 Å². The molecule has 1 atom stereocenters. The van der Waals surface area contributed by atoms with E-state index in [1.54, 1.807) is 6.33 Å². The number of aromatic nitrogens is 2. The number of nitrogens with zero attached hydrogens (tertiary/aromatic N) is 3. The summed E-state index contributed by atoms with van der Waals surface area (Å²) in [6.07, 6.45) is 2.31. The molecule has 0 aliphatic rings. The minimum atomic E-state index is 0.177. The lowest BCUT2D eigenvalue weighted by molar-refractivity contribution is 0.275. The van der Waals surface area contributed by atoms with E-state index in [-0.39, 0.29) is 12.6 Å². The number of hydrogen-bond acceptors (Lipinski definition) is 4. The van der Waals surface area contributed by atoms with Gasteiger partial charge in [-0.3, -0.25) is 0 Å². The van der Waals surface area contributed by atoms with Gasteiger partial charge in [-0.2, -0.15) is 0 Å². The third kappa shape index (κ3) is 3.78. The van der Waals surface area contributed by atoms with Gasteiger partial charge in [-0.15, -0.1) is 0 Å². The fourth-order valence-electron chi connectivity index (χ4n) is 2.18. The molecule has 2 aromatic rings. The van der Waals surface area contributed by atoms with Crippen LogP contribution in [0.3, 0.4) is 0 Å². The number of rotatable bonds is 6. The van der Waals surface area contributed by atoms with Crippen LogP contribution in [-0.2, 0) is 6.54 Å². The van der Waals surface area contributed by atoms with Gasteiger partial charge in [0.1, 0.15) is 12.1 Å². The molecular formula is C16H21N3O. The summed E-state index contributed by atoms with van der Waals surface area (Å²) in [7, 11) is 0. The zero-order valence-electron chi connectivity index (χ0n) is 12.0. The van der Waals surface area contributed by atoms with E-state index in [9.17, 15) is 5.11 Å². The van der Waals surface area contributed by atoms with Crippen molar-refractivity contribution in [2.45, 2.75) is 32.9 Å². The lowest BCUT2D eigenvalue weighted by atomic mass is 10.1. The second-order valence-corrected chi connectivity index (χ2v) is 4.99. The normalized spacial score (nSPS) is 12.2. The quantitative estimate of drug-likeness (QED) is 0.877. The molecule has 0 bridgehead atoms. The van der Waals surface area contributed by atoms with Crippen LogP contribution in [0.25, 0.3) is 0 Å². The molecule has 1 heterocycles. The lowest BCUT2D eigenvalue weighted by Gasteiger charge is -2.30. The predicted octanol–water partition coefficient (Wildman–Crippen LogP) is 2.56. The molecule has 4 nitrogen and oxygen atoms in total. The summed E-state index contributed by atoms with van der Waals surface area (Å²) >= 11 is 0. The average molecular weight is 271 g/mol.